The van der Waals surface area contributed by atoms with E-state index in [9.17, 15) is 4.79 Å². The number of aromatic carboxylic acids is 1. The summed E-state index contributed by atoms with van der Waals surface area (Å²) in [5, 5.41) is 8.91. The van der Waals surface area contributed by atoms with Crippen LogP contribution in [0.1, 0.15) is 16.8 Å². The number of ether oxygens (including phenoxy) is 2. The molecule has 0 amide bonds. The van der Waals surface area contributed by atoms with Crippen molar-refractivity contribution in [1.29, 1.82) is 0 Å². The molecule has 20 heavy (non-hydrogen) atoms. The van der Waals surface area contributed by atoms with Gasteiger partial charge in [0.1, 0.15) is 12.4 Å². The van der Waals surface area contributed by atoms with Crippen molar-refractivity contribution in [1.82, 2.24) is 4.90 Å². The molecule has 1 unspecified atom stereocenters. The summed E-state index contributed by atoms with van der Waals surface area (Å²) >= 11 is 0. The molecular formula is C15H21NO4. The van der Waals surface area contributed by atoms with Crippen LogP contribution in [-0.2, 0) is 4.74 Å². The Morgan fingerprint density at radius 3 is 3.10 bits per heavy atom. The fraction of sp³-hybridized carbons (Fsp3) is 0.533. The van der Waals surface area contributed by atoms with Gasteiger partial charge in [0, 0.05) is 20.2 Å². The molecule has 5 heteroatoms. The topological polar surface area (TPSA) is 59.0 Å². The van der Waals surface area contributed by atoms with Gasteiger partial charge >= 0.3 is 5.97 Å². The molecule has 110 valence electrons. The molecule has 0 spiro atoms. The summed E-state index contributed by atoms with van der Waals surface area (Å²) in [7, 11) is 1.74. The van der Waals surface area contributed by atoms with Gasteiger partial charge in [-0.25, -0.2) is 4.79 Å². The maximum Gasteiger partial charge on any atom is 0.335 e. The number of hydrogen-bond donors (Lipinski definition) is 1. The first-order chi connectivity index (χ1) is 9.69. The zero-order valence-electron chi connectivity index (χ0n) is 11.7. The molecule has 0 saturated carbocycles. The van der Waals surface area contributed by atoms with Crippen molar-refractivity contribution >= 4 is 5.97 Å². The van der Waals surface area contributed by atoms with Gasteiger partial charge in [-0.15, -0.1) is 0 Å². The standard InChI is InChI=1S/C15H21NO4/c1-19-11-12-5-6-16(10-12)7-8-20-14-4-2-3-13(9-14)15(17)18/h2-4,9,12H,5-8,10-11H2,1H3,(H,17,18). The Morgan fingerprint density at radius 2 is 2.35 bits per heavy atom. The third-order valence-corrected chi connectivity index (χ3v) is 3.53. The number of nitrogens with zero attached hydrogens (tertiary/aromatic N) is 1. The summed E-state index contributed by atoms with van der Waals surface area (Å²) in [5.41, 5.74) is 0.254. The molecule has 1 N–H and O–H groups in total. The van der Waals surface area contributed by atoms with Crippen molar-refractivity contribution in [2.45, 2.75) is 6.42 Å². The minimum absolute atomic E-state index is 0.254. The predicted molar refractivity (Wildman–Crippen MR) is 75.3 cm³/mol. The van der Waals surface area contributed by atoms with Crippen LogP contribution >= 0.6 is 0 Å². The predicted octanol–water partition coefficient (Wildman–Crippen LogP) is 1.73. The lowest BCUT2D eigenvalue weighted by atomic mass is 10.1. The summed E-state index contributed by atoms with van der Waals surface area (Å²) < 4.78 is 10.8. The van der Waals surface area contributed by atoms with Crippen LogP contribution in [0, 0.1) is 5.92 Å². The van der Waals surface area contributed by atoms with E-state index in [4.69, 9.17) is 14.6 Å². The van der Waals surface area contributed by atoms with Gasteiger partial charge in [0.15, 0.2) is 0 Å². The summed E-state index contributed by atoms with van der Waals surface area (Å²) in [5.74, 6) is 0.297. The first kappa shape index (κ1) is 14.8. The van der Waals surface area contributed by atoms with Gasteiger partial charge in [0.05, 0.1) is 12.2 Å². The monoisotopic (exact) mass is 279 g/mol. The molecule has 1 atom stereocenters. The summed E-state index contributed by atoms with van der Waals surface area (Å²) in [6, 6.07) is 6.60. The van der Waals surface area contributed by atoms with E-state index in [1.165, 1.54) is 6.42 Å². The van der Waals surface area contributed by atoms with Gasteiger partial charge in [0.25, 0.3) is 0 Å². The van der Waals surface area contributed by atoms with Crippen LogP contribution in [0.15, 0.2) is 24.3 Å². The molecule has 0 bridgehead atoms. The van der Waals surface area contributed by atoms with Gasteiger partial charge in [-0.3, -0.25) is 4.90 Å². The van der Waals surface area contributed by atoms with Crippen LogP contribution in [0.4, 0.5) is 0 Å². The third kappa shape index (κ3) is 4.21. The fourth-order valence-electron chi connectivity index (χ4n) is 2.50. The number of carboxylic acids is 1. The Hall–Kier alpha value is -1.59. The zero-order chi connectivity index (χ0) is 14.4. The van der Waals surface area contributed by atoms with Crippen molar-refractivity contribution in [2.24, 2.45) is 5.92 Å². The highest BCUT2D eigenvalue weighted by Crippen LogP contribution is 2.17. The number of hydrogen-bond acceptors (Lipinski definition) is 4. The molecule has 1 heterocycles. The van der Waals surface area contributed by atoms with Gasteiger partial charge in [-0.05, 0) is 37.1 Å². The number of benzene rings is 1. The Labute approximate surface area is 119 Å². The maximum atomic E-state index is 10.9. The molecule has 1 aromatic carbocycles. The molecule has 1 aromatic rings. The molecule has 0 aromatic heterocycles. The Morgan fingerprint density at radius 1 is 1.50 bits per heavy atom. The minimum Gasteiger partial charge on any atom is -0.492 e. The summed E-state index contributed by atoms with van der Waals surface area (Å²) in [6.45, 7) is 4.37. The maximum absolute atomic E-state index is 10.9. The van der Waals surface area contributed by atoms with Gasteiger partial charge in [-0.1, -0.05) is 6.07 Å². The highest BCUT2D eigenvalue weighted by molar-refractivity contribution is 5.87. The van der Waals surface area contributed by atoms with Crippen LogP contribution in [0.5, 0.6) is 5.75 Å². The van der Waals surface area contributed by atoms with E-state index in [2.05, 4.69) is 4.90 Å². The zero-order valence-corrected chi connectivity index (χ0v) is 11.7. The van der Waals surface area contributed by atoms with Crippen LogP contribution in [-0.4, -0.2) is 55.9 Å². The van der Waals surface area contributed by atoms with Crippen LogP contribution in [0.2, 0.25) is 0 Å². The van der Waals surface area contributed by atoms with E-state index in [0.29, 0.717) is 18.3 Å². The van der Waals surface area contributed by atoms with E-state index in [0.717, 1.165) is 26.2 Å². The average Bonchev–Trinajstić information content (AvgIpc) is 2.87. The molecule has 0 radical (unpaired) electrons. The smallest absolute Gasteiger partial charge is 0.335 e. The van der Waals surface area contributed by atoms with E-state index in [1.54, 1.807) is 31.4 Å². The molecule has 1 aliphatic heterocycles. The molecule has 5 nitrogen and oxygen atoms in total. The van der Waals surface area contributed by atoms with E-state index in [1.807, 2.05) is 0 Å². The summed E-state index contributed by atoms with van der Waals surface area (Å²) in [6.07, 6.45) is 1.17. The van der Waals surface area contributed by atoms with Crippen LogP contribution in [0.3, 0.4) is 0 Å². The minimum atomic E-state index is -0.933. The third-order valence-electron chi connectivity index (χ3n) is 3.53. The fourth-order valence-corrected chi connectivity index (χ4v) is 2.50. The molecular weight excluding hydrogens is 258 g/mol. The lowest BCUT2D eigenvalue weighted by molar-refractivity contribution is 0.0696. The molecule has 1 saturated heterocycles. The quantitative estimate of drug-likeness (QED) is 0.823. The number of carbonyl (C=O) groups is 1. The molecule has 2 rings (SSSR count). The molecule has 0 aliphatic carbocycles. The van der Waals surface area contributed by atoms with Gasteiger partial charge < -0.3 is 14.6 Å². The number of rotatable bonds is 7. The second-order valence-corrected chi connectivity index (χ2v) is 5.09. The number of carboxylic acid groups (broad SMARTS) is 1. The Balaban J connectivity index is 1.73. The Kier molecular flexibility index (Phi) is 5.38. The van der Waals surface area contributed by atoms with Crippen molar-refractivity contribution in [3.8, 4) is 5.75 Å². The SMILES string of the molecule is COCC1CCN(CCOc2cccc(C(=O)O)c2)C1. The largest absolute Gasteiger partial charge is 0.492 e. The Bertz CT molecular complexity index is 449. The van der Waals surface area contributed by atoms with E-state index in [-0.39, 0.29) is 5.56 Å². The molecule has 1 aliphatic rings. The molecule has 1 fully saturated rings. The van der Waals surface area contributed by atoms with Crippen molar-refractivity contribution in [2.75, 3.05) is 40.0 Å². The average molecular weight is 279 g/mol. The second kappa shape index (κ2) is 7.26. The van der Waals surface area contributed by atoms with E-state index >= 15 is 0 Å². The number of likely N-dealkylation sites (tertiary alicyclic amines) is 1. The van der Waals surface area contributed by atoms with E-state index < -0.39 is 5.97 Å². The van der Waals surface area contributed by atoms with Crippen molar-refractivity contribution in [3.63, 3.8) is 0 Å². The second-order valence-electron chi connectivity index (χ2n) is 5.09. The van der Waals surface area contributed by atoms with Crippen molar-refractivity contribution in [3.05, 3.63) is 29.8 Å². The highest BCUT2D eigenvalue weighted by atomic mass is 16.5. The lowest BCUT2D eigenvalue weighted by Gasteiger charge is -2.16. The van der Waals surface area contributed by atoms with Gasteiger partial charge in [-0.2, -0.15) is 0 Å². The van der Waals surface area contributed by atoms with Crippen LogP contribution in [0.25, 0.3) is 0 Å². The van der Waals surface area contributed by atoms with Gasteiger partial charge in [0.2, 0.25) is 0 Å². The first-order valence-electron chi connectivity index (χ1n) is 6.86. The lowest BCUT2D eigenvalue weighted by Crippen LogP contribution is -2.26. The van der Waals surface area contributed by atoms with Crippen LogP contribution < -0.4 is 4.74 Å². The normalized spacial score (nSPS) is 19.1. The highest BCUT2D eigenvalue weighted by Gasteiger charge is 2.21. The van der Waals surface area contributed by atoms with Crippen molar-refractivity contribution < 1.29 is 19.4 Å². The summed E-state index contributed by atoms with van der Waals surface area (Å²) in [4.78, 5) is 13.2. The number of methoxy groups -OCH3 is 1. The first-order valence-corrected chi connectivity index (χ1v) is 6.86.